The number of nitrogens with zero attached hydrogens (tertiary/aromatic N) is 2. The van der Waals surface area contributed by atoms with Crippen LogP contribution in [0.25, 0.3) is 10.9 Å². The molecule has 0 amide bonds. The second-order valence-corrected chi connectivity index (χ2v) is 4.39. The molecule has 2 rings (SSSR count). The Morgan fingerprint density at radius 2 is 2.10 bits per heavy atom. The molecule has 0 atom stereocenters. The minimum absolute atomic E-state index is 0.0173. The van der Waals surface area contributed by atoms with Crippen LogP contribution in [0.5, 0.6) is 0 Å². The summed E-state index contributed by atoms with van der Waals surface area (Å²) in [4.78, 5) is 11.0. The number of fused-ring (bicyclic) bond motifs is 1. The number of benzene rings is 1. The highest BCUT2D eigenvalue weighted by atomic mass is 35.5. The van der Waals surface area contributed by atoms with Crippen LogP contribution in [0.2, 0.25) is 5.02 Å². The van der Waals surface area contributed by atoms with Crippen LogP contribution in [-0.4, -0.2) is 21.8 Å². The van der Waals surface area contributed by atoms with Crippen molar-refractivity contribution in [3.63, 3.8) is 0 Å². The van der Waals surface area contributed by atoms with Crippen molar-refractivity contribution in [1.82, 2.24) is 4.57 Å². The number of carboxylic acid groups (broad SMARTS) is 1. The average molecular weight is 303 g/mol. The van der Waals surface area contributed by atoms with Crippen molar-refractivity contribution in [1.29, 1.82) is 5.26 Å². The third kappa shape index (κ3) is 2.42. The summed E-state index contributed by atoms with van der Waals surface area (Å²) < 4.78 is 38.2. The van der Waals surface area contributed by atoms with Gasteiger partial charge in [-0.1, -0.05) is 11.6 Å². The summed E-state index contributed by atoms with van der Waals surface area (Å²) in [6, 6.07) is 5.32. The van der Waals surface area contributed by atoms with Gasteiger partial charge in [-0.15, -0.1) is 0 Å². The second kappa shape index (κ2) is 4.72. The number of aromatic nitrogens is 1. The number of carboxylic acids is 1. The number of carbonyl (C=O) groups is 1. The molecule has 0 aliphatic carbocycles. The number of alkyl halides is 3. The molecule has 104 valence electrons. The predicted molar refractivity (Wildman–Crippen MR) is 64.7 cm³/mol. The Kier molecular flexibility index (Phi) is 3.36. The highest BCUT2D eigenvalue weighted by molar-refractivity contribution is 6.36. The normalized spacial score (nSPS) is 11.6. The van der Waals surface area contributed by atoms with E-state index >= 15 is 0 Å². The summed E-state index contributed by atoms with van der Waals surface area (Å²) in [6.45, 7) is -1.44. The maximum atomic E-state index is 12.5. The molecule has 2 aromatic rings. The molecule has 0 saturated heterocycles. The van der Waals surface area contributed by atoms with E-state index < -0.39 is 24.4 Å². The van der Waals surface area contributed by atoms with Crippen LogP contribution in [-0.2, 0) is 6.54 Å². The third-order valence-corrected chi connectivity index (χ3v) is 3.10. The van der Waals surface area contributed by atoms with Gasteiger partial charge in [0.25, 0.3) is 0 Å². The van der Waals surface area contributed by atoms with Crippen molar-refractivity contribution >= 4 is 28.5 Å². The molecule has 0 fully saturated rings. The van der Waals surface area contributed by atoms with Crippen molar-refractivity contribution in [2.75, 3.05) is 0 Å². The summed E-state index contributed by atoms with van der Waals surface area (Å²) in [5.41, 5.74) is -0.446. The van der Waals surface area contributed by atoms with Crippen LogP contribution in [0.1, 0.15) is 16.1 Å². The smallest absolute Gasteiger partial charge is 0.406 e. The standard InChI is InChI=1S/C12H6ClF3N2O2/c13-10-6(4-17)1-2-8-7(10)3-9(11(19)20)18(8)5-12(14,15)16/h1-3H,5H2,(H,19,20). The Hall–Kier alpha value is -2.20. The summed E-state index contributed by atoms with van der Waals surface area (Å²) in [7, 11) is 0. The van der Waals surface area contributed by atoms with Crippen molar-refractivity contribution in [3.05, 3.63) is 34.5 Å². The van der Waals surface area contributed by atoms with Gasteiger partial charge in [-0.05, 0) is 18.2 Å². The monoisotopic (exact) mass is 302 g/mol. The van der Waals surface area contributed by atoms with E-state index in [1.165, 1.54) is 12.1 Å². The van der Waals surface area contributed by atoms with Crippen LogP contribution in [0.15, 0.2) is 18.2 Å². The number of halogens is 4. The molecule has 0 aliphatic heterocycles. The molecule has 20 heavy (non-hydrogen) atoms. The molecule has 4 nitrogen and oxygen atoms in total. The van der Waals surface area contributed by atoms with Crippen LogP contribution in [0, 0.1) is 11.3 Å². The quantitative estimate of drug-likeness (QED) is 0.924. The molecule has 0 bridgehead atoms. The molecule has 0 spiro atoms. The Morgan fingerprint density at radius 1 is 1.45 bits per heavy atom. The van der Waals surface area contributed by atoms with Crippen molar-refractivity contribution < 1.29 is 23.1 Å². The van der Waals surface area contributed by atoms with Gasteiger partial charge >= 0.3 is 12.1 Å². The number of hydrogen-bond acceptors (Lipinski definition) is 2. The zero-order valence-electron chi connectivity index (χ0n) is 9.70. The molecule has 0 unspecified atom stereocenters. The molecule has 1 aromatic carbocycles. The summed E-state index contributed by atoms with van der Waals surface area (Å²) in [5.74, 6) is -1.50. The zero-order chi connectivity index (χ0) is 15.1. The van der Waals surface area contributed by atoms with Crippen molar-refractivity contribution in [2.24, 2.45) is 0 Å². The summed E-state index contributed by atoms with van der Waals surface area (Å²) >= 11 is 5.89. The van der Waals surface area contributed by atoms with Crippen LogP contribution < -0.4 is 0 Å². The lowest BCUT2D eigenvalue weighted by molar-refractivity contribution is -0.140. The Bertz CT molecular complexity index is 744. The van der Waals surface area contributed by atoms with Gasteiger partial charge < -0.3 is 9.67 Å². The van der Waals surface area contributed by atoms with E-state index in [9.17, 15) is 18.0 Å². The van der Waals surface area contributed by atoms with E-state index in [4.69, 9.17) is 22.0 Å². The maximum Gasteiger partial charge on any atom is 0.406 e. The van der Waals surface area contributed by atoms with Crippen molar-refractivity contribution in [3.8, 4) is 6.07 Å². The first-order valence-electron chi connectivity index (χ1n) is 5.26. The van der Waals surface area contributed by atoms with E-state index in [0.717, 1.165) is 6.07 Å². The van der Waals surface area contributed by atoms with Crippen molar-refractivity contribution in [2.45, 2.75) is 12.7 Å². The zero-order valence-corrected chi connectivity index (χ0v) is 10.5. The van der Waals surface area contributed by atoms with E-state index in [-0.39, 0.29) is 21.5 Å². The second-order valence-electron chi connectivity index (χ2n) is 4.01. The fraction of sp³-hybridized carbons (Fsp3) is 0.167. The number of nitriles is 1. The average Bonchev–Trinajstić information content (AvgIpc) is 2.67. The lowest BCUT2D eigenvalue weighted by atomic mass is 10.1. The van der Waals surface area contributed by atoms with Gasteiger partial charge in [0.05, 0.1) is 16.1 Å². The van der Waals surface area contributed by atoms with E-state index in [1.54, 1.807) is 6.07 Å². The molecular formula is C12H6ClF3N2O2. The number of hydrogen-bond donors (Lipinski definition) is 1. The molecule has 0 aliphatic rings. The lowest BCUT2D eigenvalue weighted by Gasteiger charge is -2.11. The summed E-state index contributed by atoms with van der Waals surface area (Å²) in [6.07, 6.45) is -4.57. The Labute approximate surface area is 115 Å². The highest BCUT2D eigenvalue weighted by Gasteiger charge is 2.31. The van der Waals surface area contributed by atoms with Gasteiger partial charge in [0.1, 0.15) is 18.3 Å². The first-order valence-corrected chi connectivity index (χ1v) is 5.64. The highest BCUT2D eigenvalue weighted by Crippen LogP contribution is 2.32. The minimum Gasteiger partial charge on any atom is -0.477 e. The molecule has 0 radical (unpaired) electrons. The van der Waals surface area contributed by atoms with Gasteiger partial charge in [0, 0.05) is 5.39 Å². The maximum absolute atomic E-state index is 12.5. The first kappa shape index (κ1) is 14.2. The Balaban J connectivity index is 2.78. The fourth-order valence-corrected chi connectivity index (χ4v) is 2.17. The topological polar surface area (TPSA) is 66.0 Å². The van der Waals surface area contributed by atoms with E-state index in [2.05, 4.69) is 0 Å². The van der Waals surface area contributed by atoms with Gasteiger partial charge in [-0.3, -0.25) is 0 Å². The van der Waals surface area contributed by atoms with Crippen LogP contribution >= 0.6 is 11.6 Å². The van der Waals surface area contributed by atoms with Gasteiger partial charge in [-0.25, -0.2) is 4.79 Å². The van der Waals surface area contributed by atoms with Gasteiger partial charge in [0.15, 0.2) is 0 Å². The third-order valence-electron chi connectivity index (χ3n) is 2.70. The minimum atomic E-state index is -4.57. The SMILES string of the molecule is N#Cc1ccc2c(cc(C(=O)O)n2CC(F)(F)F)c1Cl. The fourth-order valence-electron chi connectivity index (χ4n) is 1.91. The van der Waals surface area contributed by atoms with Crippen LogP contribution in [0.4, 0.5) is 13.2 Å². The number of aromatic carboxylic acids is 1. The molecule has 1 aromatic heterocycles. The molecule has 0 saturated carbocycles. The first-order chi connectivity index (χ1) is 9.24. The lowest BCUT2D eigenvalue weighted by Crippen LogP contribution is -2.20. The molecule has 1 N–H and O–H groups in total. The Morgan fingerprint density at radius 3 is 2.60 bits per heavy atom. The summed E-state index contributed by atoms with van der Waals surface area (Å²) in [5, 5.41) is 17.8. The predicted octanol–water partition coefficient (Wildman–Crippen LogP) is 3.43. The van der Waals surface area contributed by atoms with Crippen LogP contribution in [0.3, 0.4) is 0 Å². The molecular weight excluding hydrogens is 297 g/mol. The van der Waals surface area contributed by atoms with E-state index in [0.29, 0.717) is 4.57 Å². The largest absolute Gasteiger partial charge is 0.477 e. The molecule has 1 heterocycles. The number of rotatable bonds is 2. The molecule has 8 heteroatoms. The van der Waals surface area contributed by atoms with E-state index in [1.807, 2.05) is 0 Å². The van der Waals surface area contributed by atoms with Gasteiger partial charge in [-0.2, -0.15) is 18.4 Å². The van der Waals surface area contributed by atoms with Gasteiger partial charge in [0.2, 0.25) is 0 Å².